The lowest BCUT2D eigenvalue weighted by atomic mass is 9.88. The molecule has 0 radical (unpaired) electrons. The highest BCUT2D eigenvalue weighted by atomic mass is 19.4. The van der Waals surface area contributed by atoms with Crippen LogP contribution in [0.1, 0.15) is 12.7 Å². The van der Waals surface area contributed by atoms with Crippen molar-refractivity contribution in [2.75, 3.05) is 0 Å². The van der Waals surface area contributed by atoms with Crippen LogP contribution in [0.15, 0.2) is 30.6 Å². The van der Waals surface area contributed by atoms with Crippen LogP contribution in [-0.2, 0) is 0 Å². The fourth-order valence-corrected chi connectivity index (χ4v) is 2.24. The molecule has 1 rings (SSSR count). The van der Waals surface area contributed by atoms with E-state index in [1.807, 2.05) is 0 Å². The molecule has 34 heavy (non-hydrogen) atoms. The molecule has 198 valence electrons. The van der Waals surface area contributed by atoms with Crippen molar-refractivity contribution in [2.24, 2.45) is 0 Å². The van der Waals surface area contributed by atoms with Gasteiger partial charge in [0, 0.05) is 12.1 Å². The van der Waals surface area contributed by atoms with Crippen molar-refractivity contribution in [3.63, 3.8) is 0 Å². The Morgan fingerprint density at radius 2 is 0.794 bits per heavy atom. The van der Waals surface area contributed by atoms with E-state index in [-0.39, 0.29) is 4.57 Å². The number of nitrogens with zero attached hydrogens (tertiary/aromatic N) is 1. The maximum atomic E-state index is 13.8. The molecule has 0 aliphatic rings. The zero-order valence-corrected chi connectivity index (χ0v) is 15.4. The Labute approximate surface area is 175 Å². The fraction of sp³-hybridized carbons (Fsp3) is 0.667. The molecule has 1 unspecified atom stereocenters. The standard InChI is InChI=1S/C15H8F18N/c16-7(34-4-2-1-3-5-34)6-8(17,18)9(19,20)10(21,22)11(23,24)12(25,26)13(27,28)14(29,30)15(31,32)33/h1-5,7H,6H2/q+1. The Morgan fingerprint density at radius 3 is 1.15 bits per heavy atom. The molecule has 1 aromatic heterocycles. The number of pyridine rings is 1. The molecule has 0 fully saturated rings. The van der Waals surface area contributed by atoms with Gasteiger partial charge in [-0.25, -0.2) is 0 Å². The van der Waals surface area contributed by atoms with Gasteiger partial charge in [-0.3, -0.25) is 0 Å². The van der Waals surface area contributed by atoms with Crippen molar-refractivity contribution >= 4 is 0 Å². The molecule has 1 atom stereocenters. The van der Waals surface area contributed by atoms with Gasteiger partial charge in [0.25, 0.3) is 0 Å². The Bertz CT molecular complexity index is 843. The Morgan fingerprint density at radius 1 is 0.471 bits per heavy atom. The minimum Gasteiger partial charge on any atom is -0.199 e. The third-order valence-corrected chi connectivity index (χ3v) is 4.27. The first-order valence-electron chi connectivity index (χ1n) is 8.05. The van der Waals surface area contributed by atoms with E-state index >= 15 is 0 Å². The molecule has 0 saturated carbocycles. The van der Waals surface area contributed by atoms with Crippen molar-refractivity contribution in [1.29, 1.82) is 0 Å². The molecule has 0 aliphatic heterocycles. The van der Waals surface area contributed by atoms with E-state index in [0.29, 0.717) is 12.4 Å². The van der Waals surface area contributed by atoms with Gasteiger partial charge in [-0.05, 0) is 0 Å². The van der Waals surface area contributed by atoms with Gasteiger partial charge < -0.3 is 0 Å². The Kier molecular flexibility index (Phi) is 7.25. The molecular formula is C15H8F18N+. The normalized spacial score (nSPS) is 16.5. The van der Waals surface area contributed by atoms with E-state index < -0.39 is 60.4 Å². The number of rotatable bonds is 9. The van der Waals surface area contributed by atoms with E-state index in [1.54, 1.807) is 0 Å². The third kappa shape index (κ3) is 4.11. The van der Waals surface area contributed by atoms with Crippen molar-refractivity contribution in [3.8, 4) is 0 Å². The third-order valence-electron chi connectivity index (χ3n) is 4.27. The van der Waals surface area contributed by atoms with Gasteiger partial charge >= 0.3 is 53.9 Å². The van der Waals surface area contributed by atoms with Crippen LogP contribution < -0.4 is 4.57 Å². The highest BCUT2D eigenvalue weighted by Gasteiger charge is 2.95. The average molecular weight is 544 g/mol. The summed E-state index contributed by atoms with van der Waals surface area (Å²) in [5, 5.41) is 0. The minimum atomic E-state index is -8.70. The number of halogens is 18. The maximum absolute atomic E-state index is 13.8. The SMILES string of the molecule is FC(CC(F)(F)C(F)(F)C(F)(F)C(F)(F)C(F)(F)C(F)(F)C(F)(F)C(F)(F)F)[n+]1ccccc1. The highest BCUT2D eigenvalue weighted by molar-refractivity contribution is 5.15. The first-order valence-corrected chi connectivity index (χ1v) is 8.05. The van der Waals surface area contributed by atoms with E-state index in [0.717, 1.165) is 18.2 Å². The van der Waals surface area contributed by atoms with Crippen LogP contribution in [0.25, 0.3) is 0 Å². The predicted octanol–water partition coefficient (Wildman–Crippen LogP) is 6.84. The number of hydrogen-bond donors (Lipinski definition) is 0. The van der Waals surface area contributed by atoms with Gasteiger partial charge in [-0.2, -0.15) is 83.6 Å². The second-order valence-electron chi connectivity index (χ2n) is 6.61. The van der Waals surface area contributed by atoms with Gasteiger partial charge in [-0.15, -0.1) is 0 Å². The van der Waals surface area contributed by atoms with Crippen molar-refractivity contribution in [1.82, 2.24) is 0 Å². The Hall–Kier alpha value is -2.11. The molecular weight excluding hydrogens is 536 g/mol. The zero-order valence-electron chi connectivity index (χ0n) is 15.4. The summed E-state index contributed by atoms with van der Waals surface area (Å²) in [5.41, 5.74) is 0. The van der Waals surface area contributed by atoms with Crippen LogP contribution in [0.5, 0.6) is 0 Å². The largest absolute Gasteiger partial charge is 0.460 e. The maximum Gasteiger partial charge on any atom is 0.460 e. The summed E-state index contributed by atoms with van der Waals surface area (Å²) in [5.74, 6) is -57.3. The second kappa shape index (κ2) is 8.23. The lowest BCUT2D eigenvalue weighted by molar-refractivity contribution is -0.751. The monoisotopic (exact) mass is 544 g/mol. The molecule has 0 spiro atoms. The molecule has 1 heterocycles. The summed E-state index contributed by atoms with van der Waals surface area (Å²) in [6.45, 7) is 0. The summed E-state index contributed by atoms with van der Waals surface area (Å²) in [4.78, 5) is 0. The van der Waals surface area contributed by atoms with Gasteiger partial charge in [0.05, 0.1) is 0 Å². The first-order chi connectivity index (χ1) is 14.7. The fourth-order valence-electron chi connectivity index (χ4n) is 2.24. The van der Waals surface area contributed by atoms with E-state index in [4.69, 9.17) is 0 Å². The molecule has 0 N–H and O–H groups in total. The van der Waals surface area contributed by atoms with Crippen LogP contribution in [-0.4, -0.2) is 47.6 Å². The van der Waals surface area contributed by atoms with Crippen LogP contribution in [0, 0.1) is 0 Å². The van der Waals surface area contributed by atoms with Gasteiger partial charge in [0.2, 0.25) is 0 Å². The topological polar surface area (TPSA) is 3.88 Å². The first kappa shape index (κ1) is 29.9. The smallest absolute Gasteiger partial charge is 0.199 e. The molecule has 0 aliphatic carbocycles. The number of alkyl halides is 18. The lowest BCUT2D eigenvalue weighted by Gasteiger charge is -2.42. The van der Waals surface area contributed by atoms with Crippen molar-refractivity contribution in [3.05, 3.63) is 30.6 Å². The molecule has 0 amide bonds. The Balaban J connectivity index is 3.53. The molecule has 0 aromatic carbocycles. The van der Waals surface area contributed by atoms with Crippen LogP contribution >= 0.6 is 0 Å². The summed E-state index contributed by atoms with van der Waals surface area (Å²) in [7, 11) is 0. The highest BCUT2D eigenvalue weighted by Crippen LogP contribution is 2.64. The van der Waals surface area contributed by atoms with Gasteiger partial charge in [0.15, 0.2) is 12.4 Å². The van der Waals surface area contributed by atoms with Gasteiger partial charge in [0.1, 0.15) is 6.42 Å². The number of hydrogen-bond acceptors (Lipinski definition) is 0. The molecule has 1 nitrogen and oxygen atoms in total. The lowest BCUT2D eigenvalue weighted by Crippen LogP contribution is -2.74. The van der Waals surface area contributed by atoms with E-state index in [1.165, 1.54) is 0 Å². The average Bonchev–Trinajstić information content (AvgIpc) is 2.66. The van der Waals surface area contributed by atoms with Crippen LogP contribution in [0.3, 0.4) is 0 Å². The molecule has 1 aromatic rings. The molecule has 0 saturated heterocycles. The summed E-state index contributed by atoms with van der Waals surface area (Å²) < 4.78 is 237. The van der Waals surface area contributed by atoms with Crippen molar-refractivity contribution < 1.29 is 83.6 Å². The molecule has 0 bridgehead atoms. The van der Waals surface area contributed by atoms with Gasteiger partial charge in [-0.1, -0.05) is 6.07 Å². The second-order valence-corrected chi connectivity index (χ2v) is 6.61. The summed E-state index contributed by atoms with van der Waals surface area (Å²) in [6.07, 6.45) is -13.4. The predicted molar refractivity (Wildman–Crippen MR) is 72.1 cm³/mol. The summed E-state index contributed by atoms with van der Waals surface area (Å²) in [6, 6.07) is 2.80. The number of aromatic nitrogens is 1. The minimum absolute atomic E-state index is 0.0348. The summed E-state index contributed by atoms with van der Waals surface area (Å²) >= 11 is 0. The van der Waals surface area contributed by atoms with E-state index in [2.05, 4.69) is 0 Å². The van der Waals surface area contributed by atoms with Crippen LogP contribution in [0.4, 0.5) is 79.0 Å². The zero-order chi connectivity index (χ0) is 27.4. The quantitative estimate of drug-likeness (QED) is 0.237. The van der Waals surface area contributed by atoms with Crippen LogP contribution in [0.2, 0.25) is 0 Å². The molecule has 19 heteroatoms. The van der Waals surface area contributed by atoms with E-state index in [9.17, 15) is 79.0 Å². The van der Waals surface area contributed by atoms with Crippen molar-refractivity contribution in [2.45, 2.75) is 60.4 Å².